The molecule has 1 aromatic carbocycles. The average Bonchev–Trinajstić information content (AvgIpc) is 2.98. The third kappa shape index (κ3) is 2.82. The Morgan fingerprint density at radius 2 is 1.89 bits per heavy atom. The molecule has 1 aromatic heterocycles. The molecule has 1 N–H and O–H groups in total. The summed E-state index contributed by atoms with van der Waals surface area (Å²) in [5, 5.41) is 3.20. The normalized spacial score (nSPS) is 28.3. The van der Waals surface area contributed by atoms with Crippen molar-refractivity contribution in [1.29, 1.82) is 0 Å². The molecule has 4 rings (SSSR count). The topological polar surface area (TPSA) is 51.1 Å². The van der Waals surface area contributed by atoms with E-state index in [9.17, 15) is 9.59 Å². The molecule has 0 aliphatic heterocycles. The zero-order valence-electron chi connectivity index (χ0n) is 16.4. The predicted molar refractivity (Wildman–Crippen MR) is 107 cm³/mol. The Balaban J connectivity index is 1.55. The summed E-state index contributed by atoms with van der Waals surface area (Å²) in [6, 6.07) is 13.4. The van der Waals surface area contributed by atoms with Gasteiger partial charge in [-0.2, -0.15) is 0 Å². The van der Waals surface area contributed by atoms with Crippen molar-refractivity contribution in [2.75, 3.05) is 0 Å². The van der Waals surface area contributed by atoms with Crippen LogP contribution in [0, 0.1) is 16.7 Å². The number of hydrogen-bond acceptors (Lipinski definition) is 2. The number of aromatic nitrogens is 1. The fourth-order valence-electron chi connectivity index (χ4n) is 5.27. The molecular weight excluding hydrogens is 336 g/mol. The van der Waals surface area contributed by atoms with Crippen LogP contribution in [-0.4, -0.2) is 16.5 Å². The highest BCUT2D eigenvalue weighted by Gasteiger charge is 2.61. The maximum Gasteiger partial charge on any atom is 0.263 e. The molecule has 3 atom stereocenters. The van der Waals surface area contributed by atoms with Crippen molar-refractivity contribution in [1.82, 2.24) is 9.88 Å². The van der Waals surface area contributed by atoms with E-state index in [1.165, 1.54) is 6.42 Å². The van der Waals surface area contributed by atoms with Gasteiger partial charge in [0.2, 0.25) is 0 Å². The summed E-state index contributed by atoms with van der Waals surface area (Å²) in [7, 11) is 0. The van der Waals surface area contributed by atoms with Gasteiger partial charge in [-0.15, -0.1) is 0 Å². The smallest absolute Gasteiger partial charge is 0.263 e. The molecule has 1 heterocycles. The first kappa shape index (κ1) is 18.0. The molecule has 4 heteroatoms. The molecule has 2 aliphatic carbocycles. The van der Waals surface area contributed by atoms with Gasteiger partial charge >= 0.3 is 0 Å². The van der Waals surface area contributed by atoms with E-state index in [1.54, 1.807) is 22.9 Å². The maximum absolute atomic E-state index is 12.9. The van der Waals surface area contributed by atoms with Crippen molar-refractivity contribution in [3.8, 4) is 0 Å². The fraction of sp³-hybridized carbons (Fsp3) is 0.478. The molecule has 0 radical (unpaired) electrons. The van der Waals surface area contributed by atoms with Gasteiger partial charge in [0.15, 0.2) is 0 Å². The summed E-state index contributed by atoms with van der Waals surface area (Å²) in [6.45, 7) is 7.42. The second kappa shape index (κ2) is 6.36. The molecule has 2 bridgehead atoms. The third-order valence-corrected chi connectivity index (χ3v) is 7.56. The molecular formula is C23H28N2O2. The van der Waals surface area contributed by atoms with E-state index in [1.807, 2.05) is 30.3 Å². The highest BCUT2D eigenvalue weighted by Crippen LogP contribution is 2.65. The Bertz CT molecular complexity index is 915. The van der Waals surface area contributed by atoms with Gasteiger partial charge < -0.3 is 9.88 Å². The highest BCUT2D eigenvalue weighted by atomic mass is 16.2. The van der Waals surface area contributed by atoms with Gasteiger partial charge in [0.1, 0.15) is 5.56 Å². The van der Waals surface area contributed by atoms with Crippen molar-refractivity contribution in [3.05, 3.63) is 70.1 Å². The number of carbonyl (C=O) groups excluding carboxylic acids is 1. The van der Waals surface area contributed by atoms with E-state index < -0.39 is 0 Å². The molecule has 3 unspecified atom stereocenters. The molecule has 142 valence electrons. The van der Waals surface area contributed by atoms with Crippen molar-refractivity contribution < 1.29 is 4.79 Å². The SMILES string of the molecule is CC1(C)C2CCC1(C)C(NC(=O)c1cccn(Cc3ccccc3)c1=O)C2. The quantitative estimate of drug-likeness (QED) is 0.896. The van der Waals surface area contributed by atoms with Crippen molar-refractivity contribution in [2.45, 2.75) is 52.6 Å². The van der Waals surface area contributed by atoms with Crippen LogP contribution in [0.5, 0.6) is 0 Å². The second-order valence-electron chi connectivity index (χ2n) is 8.98. The zero-order valence-corrected chi connectivity index (χ0v) is 16.4. The van der Waals surface area contributed by atoms with Crippen LogP contribution in [-0.2, 0) is 6.54 Å². The minimum absolute atomic E-state index is 0.102. The van der Waals surface area contributed by atoms with Crippen LogP contribution < -0.4 is 10.9 Å². The van der Waals surface area contributed by atoms with Crippen LogP contribution >= 0.6 is 0 Å². The van der Waals surface area contributed by atoms with E-state index in [2.05, 4.69) is 26.1 Å². The standard InChI is InChI=1S/C23H28N2O2/c1-22(2)17-11-12-23(22,3)19(14-17)24-20(26)18-10-7-13-25(21(18)27)15-16-8-5-4-6-9-16/h4-10,13,17,19H,11-12,14-15H2,1-3H3,(H,24,26). The van der Waals surface area contributed by atoms with Crippen LogP contribution in [0.25, 0.3) is 0 Å². The summed E-state index contributed by atoms with van der Waals surface area (Å²) in [4.78, 5) is 25.8. The van der Waals surface area contributed by atoms with E-state index in [4.69, 9.17) is 0 Å². The summed E-state index contributed by atoms with van der Waals surface area (Å²) >= 11 is 0. The average molecular weight is 364 g/mol. The van der Waals surface area contributed by atoms with Crippen LogP contribution in [0.4, 0.5) is 0 Å². The number of carbonyl (C=O) groups is 1. The number of hydrogen-bond donors (Lipinski definition) is 1. The van der Waals surface area contributed by atoms with Crippen molar-refractivity contribution in [2.24, 2.45) is 16.7 Å². The van der Waals surface area contributed by atoms with E-state index in [0.29, 0.717) is 12.5 Å². The Labute approximate surface area is 160 Å². The third-order valence-electron chi connectivity index (χ3n) is 7.56. The molecule has 1 amide bonds. The van der Waals surface area contributed by atoms with Crippen LogP contribution in [0.2, 0.25) is 0 Å². The highest BCUT2D eigenvalue weighted by molar-refractivity contribution is 5.94. The number of pyridine rings is 1. The largest absolute Gasteiger partial charge is 0.349 e. The van der Waals surface area contributed by atoms with Gasteiger partial charge in [-0.25, -0.2) is 0 Å². The van der Waals surface area contributed by atoms with Gasteiger partial charge in [-0.3, -0.25) is 9.59 Å². The first-order valence-electron chi connectivity index (χ1n) is 9.87. The van der Waals surface area contributed by atoms with Crippen LogP contribution in [0.15, 0.2) is 53.5 Å². The lowest BCUT2D eigenvalue weighted by Crippen LogP contribution is -2.48. The summed E-state index contributed by atoms with van der Waals surface area (Å²) in [5.41, 5.74) is 1.38. The Hall–Kier alpha value is -2.36. The monoisotopic (exact) mass is 364 g/mol. The number of nitrogens with one attached hydrogen (secondary N) is 1. The number of fused-ring (bicyclic) bond motifs is 2. The molecule has 2 aliphatic rings. The lowest BCUT2D eigenvalue weighted by molar-refractivity contribution is 0.0824. The fourth-order valence-corrected chi connectivity index (χ4v) is 5.27. The van der Waals surface area contributed by atoms with Gasteiger partial charge in [-0.05, 0) is 53.7 Å². The Morgan fingerprint density at radius 1 is 1.15 bits per heavy atom. The predicted octanol–water partition coefficient (Wildman–Crippen LogP) is 3.84. The molecule has 2 aromatic rings. The van der Waals surface area contributed by atoms with Crippen LogP contribution in [0.1, 0.15) is 56.0 Å². The summed E-state index contributed by atoms with van der Waals surface area (Å²) in [5.74, 6) is 0.412. The van der Waals surface area contributed by atoms with E-state index in [0.717, 1.165) is 18.4 Å². The number of rotatable bonds is 4. The first-order valence-corrected chi connectivity index (χ1v) is 9.87. The van der Waals surface area contributed by atoms with Crippen molar-refractivity contribution in [3.63, 3.8) is 0 Å². The molecule has 0 spiro atoms. The van der Waals surface area contributed by atoms with Crippen LogP contribution in [0.3, 0.4) is 0 Å². The lowest BCUT2D eigenvalue weighted by atomic mass is 9.69. The number of benzene rings is 1. The van der Waals surface area contributed by atoms with Crippen molar-refractivity contribution >= 4 is 5.91 Å². The Morgan fingerprint density at radius 3 is 2.52 bits per heavy atom. The maximum atomic E-state index is 12.9. The molecule has 2 saturated carbocycles. The molecule has 2 fully saturated rings. The van der Waals surface area contributed by atoms with E-state index in [-0.39, 0.29) is 33.9 Å². The van der Waals surface area contributed by atoms with Gasteiger partial charge in [-0.1, -0.05) is 51.1 Å². The van der Waals surface area contributed by atoms with Gasteiger partial charge in [0, 0.05) is 12.2 Å². The number of nitrogens with zero attached hydrogens (tertiary/aromatic N) is 1. The minimum atomic E-state index is -0.239. The second-order valence-corrected chi connectivity index (χ2v) is 8.98. The van der Waals surface area contributed by atoms with Gasteiger partial charge in [0.25, 0.3) is 11.5 Å². The molecule has 27 heavy (non-hydrogen) atoms. The summed E-state index contributed by atoms with van der Waals surface area (Å²) in [6.07, 6.45) is 5.14. The lowest BCUT2D eigenvalue weighted by Gasteiger charge is -2.39. The zero-order chi connectivity index (χ0) is 19.2. The number of amides is 1. The molecule has 4 nitrogen and oxygen atoms in total. The Kier molecular flexibility index (Phi) is 4.25. The van der Waals surface area contributed by atoms with E-state index >= 15 is 0 Å². The minimum Gasteiger partial charge on any atom is -0.349 e. The van der Waals surface area contributed by atoms with Gasteiger partial charge in [0.05, 0.1) is 6.54 Å². The molecule has 0 saturated heterocycles. The first-order chi connectivity index (χ1) is 12.8. The summed E-state index contributed by atoms with van der Waals surface area (Å²) < 4.78 is 1.61.